The first-order chi connectivity index (χ1) is 6.66. The van der Waals surface area contributed by atoms with Crippen LogP contribution in [0.25, 0.3) is 10.4 Å². The summed E-state index contributed by atoms with van der Waals surface area (Å²) in [7, 11) is 11.0. The molecule has 0 nitrogen and oxygen atoms in total. The summed E-state index contributed by atoms with van der Waals surface area (Å²) < 4.78 is 13.8. The van der Waals surface area contributed by atoms with Crippen LogP contribution in [0.3, 0.4) is 0 Å². The second kappa shape index (κ2) is 3.62. The van der Waals surface area contributed by atoms with Crippen molar-refractivity contribution in [2.45, 2.75) is 0 Å². The van der Waals surface area contributed by atoms with Crippen LogP contribution in [0.4, 0.5) is 4.39 Å². The van der Waals surface area contributed by atoms with E-state index in [1.807, 2.05) is 6.07 Å². The molecule has 4 radical (unpaired) electrons. The molecule has 0 saturated carbocycles. The van der Waals surface area contributed by atoms with Gasteiger partial charge in [-0.3, -0.25) is 0 Å². The molecule has 1 heterocycles. The Balaban J connectivity index is 2.47. The summed E-state index contributed by atoms with van der Waals surface area (Å²) in [5.74, 6) is -0.394. The summed E-state index contributed by atoms with van der Waals surface area (Å²) >= 11 is 1.43. The lowest BCUT2D eigenvalue weighted by Crippen LogP contribution is -2.06. The van der Waals surface area contributed by atoms with E-state index in [0.717, 1.165) is 15.2 Å². The van der Waals surface area contributed by atoms with E-state index in [1.54, 1.807) is 18.2 Å². The Morgan fingerprint density at radius 1 is 1.07 bits per heavy atom. The Morgan fingerprint density at radius 2 is 1.86 bits per heavy atom. The van der Waals surface area contributed by atoms with Crippen molar-refractivity contribution in [2.75, 3.05) is 0 Å². The quantitative estimate of drug-likeness (QED) is 0.602. The molecule has 1 aromatic heterocycles. The Labute approximate surface area is 88.6 Å². The van der Waals surface area contributed by atoms with Crippen molar-refractivity contribution in [1.82, 2.24) is 0 Å². The molecule has 0 amide bonds. The topological polar surface area (TPSA) is 0 Å². The monoisotopic (exact) mass is 198 g/mol. The van der Waals surface area contributed by atoms with E-state index in [2.05, 4.69) is 0 Å². The molecule has 0 fully saturated rings. The fourth-order valence-corrected chi connectivity index (χ4v) is 1.96. The minimum absolute atomic E-state index is 0.165. The van der Waals surface area contributed by atoms with Gasteiger partial charge < -0.3 is 0 Å². The van der Waals surface area contributed by atoms with E-state index < -0.39 is 5.82 Å². The molecule has 0 saturated heterocycles. The highest BCUT2D eigenvalue weighted by Crippen LogP contribution is 2.22. The maximum absolute atomic E-state index is 13.1. The molecule has 0 unspecified atom stereocenters. The van der Waals surface area contributed by atoms with Crippen molar-refractivity contribution in [3.8, 4) is 10.4 Å². The number of hydrogen-bond acceptors (Lipinski definition) is 1. The van der Waals surface area contributed by atoms with Crippen LogP contribution in [0.2, 0.25) is 0 Å². The van der Waals surface area contributed by atoms with Gasteiger partial charge in [0.2, 0.25) is 0 Å². The summed E-state index contributed by atoms with van der Waals surface area (Å²) in [6, 6.07) is 8.42. The van der Waals surface area contributed by atoms with Crippen molar-refractivity contribution in [2.24, 2.45) is 0 Å². The predicted molar refractivity (Wildman–Crippen MR) is 60.5 cm³/mol. The molecule has 14 heavy (non-hydrogen) atoms. The number of thiophene rings is 1. The fraction of sp³-hybridized carbons (Fsp3) is 0. The van der Waals surface area contributed by atoms with Crippen LogP contribution in [0, 0.1) is 5.82 Å². The van der Waals surface area contributed by atoms with Gasteiger partial charge in [-0.15, -0.1) is 0 Å². The maximum atomic E-state index is 13.1. The van der Waals surface area contributed by atoms with Gasteiger partial charge in [0.15, 0.2) is 0 Å². The molecule has 0 aliphatic heterocycles. The van der Waals surface area contributed by atoms with Crippen LogP contribution in [-0.2, 0) is 0 Å². The molecule has 64 valence electrons. The third kappa shape index (κ3) is 1.75. The summed E-state index contributed by atoms with van der Waals surface area (Å²) in [5, 5.41) is 0. The molecule has 0 N–H and O–H groups in total. The highest BCUT2D eigenvalue weighted by molar-refractivity contribution is 7.23. The molecule has 0 aliphatic carbocycles. The minimum atomic E-state index is -0.394. The van der Waals surface area contributed by atoms with Crippen molar-refractivity contribution < 1.29 is 4.39 Å². The highest BCUT2D eigenvalue weighted by atomic mass is 32.1. The second-order valence-electron chi connectivity index (χ2n) is 2.94. The molecule has 0 bridgehead atoms. The number of hydrogen-bond donors (Lipinski definition) is 0. The van der Waals surface area contributed by atoms with E-state index >= 15 is 0 Å². The third-order valence-corrected chi connectivity index (χ3v) is 2.88. The first-order valence-corrected chi connectivity index (χ1v) is 4.89. The molecule has 1 aromatic carbocycles. The van der Waals surface area contributed by atoms with Gasteiger partial charge >= 0.3 is 0 Å². The van der Waals surface area contributed by atoms with Gasteiger partial charge in [-0.1, -0.05) is 23.7 Å². The van der Waals surface area contributed by atoms with Gasteiger partial charge in [-0.05, 0) is 22.5 Å². The molecule has 0 atom stereocenters. The van der Waals surface area contributed by atoms with Crippen molar-refractivity contribution >= 4 is 37.3 Å². The second-order valence-corrected chi connectivity index (χ2v) is 4.05. The zero-order valence-corrected chi connectivity index (χ0v) is 8.14. The summed E-state index contributed by atoms with van der Waals surface area (Å²) in [6.07, 6.45) is 0. The number of benzene rings is 1. The molecule has 0 spiro atoms. The van der Waals surface area contributed by atoms with Gasteiger partial charge in [0.25, 0.3) is 0 Å². The molecule has 2 rings (SSSR count). The van der Waals surface area contributed by atoms with E-state index in [9.17, 15) is 4.39 Å². The molecule has 2 aromatic rings. The first kappa shape index (κ1) is 9.53. The Hall–Kier alpha value is -1.02. The van der Waals surface area contributed by atoms with Crippen LogP contribution < -0.4 is 10.2 Å². The van der Waals surface area contributed by atoms with Crippen LogP contribution >= 0.6 is 11.3 Å². The van der Waals surface area contributed by atoms with E-state index in [0.29, 0.717) is 0 Å². The molecular weight excluding hydrogens is 193 g/mol. The zero-order valence-electron chi connectivity index (χ0n) is 7.33. The summed E-state index contributed by atoms with van der Waals surface area (Å²) in [6.45, 7) is 0. The predicted octanol–water partition coefficient (Wildman–Crippen LogP) is 1.14. The lowest BCUT2D eigenvalue weighted by molar-refractivity contribution is 0.636. The molecule has 0 aliphatic rings. The Kier molecular flexibility index (Phi) is 2.46. The van der Waals surface area contributed by atoms with Crippen LogP contribution in [0.5, 0.6) is 0 Å². The average molecular weight is 198 g/mol. The lowest BCUT2D eigenvalue weighted by Gasteiger charge is -2.00. The van der Waals surface area contributed by atoms with Crippen LogP contribution in [0.15, 0.2) is 30.3 Å². The van der Waals surface area contributed by atoms with Crippen molar-refractivity contribution in [3.63, 3.8) is 0 Å². The largest absolute Gasteiger partial charge is 0.208 e. The lowest BCUT2D eigenvalue weighted by atomic mass is 9.94. The normalized spacial score (nSPS) is 10.4. The van der Waals surface area contributed by atoms with Gasteiger partial charge in [-0.2, -0.15) is 11.3 Å². The fourth-order valence-electron chi connectivity index (χ4n) is 1.19. The smallest absolute Gasteiger partial charge is 0.128 e. The summed E-state index contributed by atoms with van der Waals surface area (Å²) in [5.41, 5.74) is 0.969. The third-order valence-electron chi connectivity index (χ3n) is 1.91. The van der Waals surface area contributed by atoms with Crippen molar-refractivity contribution in [1.29, 1.82) is 0 Å². The van der Waals surface area contributed by atoms with Gasteiger partial charge in [0.1, 0.15) is 21.5 Å². The molecular formula is C10H5B2FS. The first-order valence-electron chi connectivity index (χ1n) is 4.07. The Bertz CT molecular complexity index is 465. The van der Waals surface area contributed by atoms with Gasteiger partial charge in [0.05, 0.1) is 0 Å². The van der Waals surface area contributed by atoms with Crippen LogP contribution in [0.1, 0.15) is 0 Å². The van der Waals surface area contributed by atoms with Crippen molar-refractivity contribution in [3.05, 3.63) is 36.1 Å². The molecule has 4 heteroatoms. The average Bonchev–Trinajstić information content (AvgIpc) is 2.57. The minimum Gasteiger partial charge on any atom is -0.208 e. The standard InChI is InChI=1S/C10H5B2FS/c11-7-2-1-6(5-8(7)13)9-3-4-10(12)14-9/h1-5H. The van der Waals surface area contributed by atoms with Crippen LogP contribution in [-0.4, -0.2) is 15.7 Å². The zero-order chi connectivity index (χ0) is 10.1. The summed E-state index contributed by atoms with van der Waals surface area (Å²) in [4.78, 5) is 0.946. The van der Waals surface area contributed by atoms with E-state index in [1.165, 1.54) is 17.4 Å². The van der Waals surface area contributed by atoms with E-state index in [4.69, 9.17) is 15.7 Å². The number of halogens is 1. The van der Waals surface area contributed by atoms with Gasteiger partial charge in [-0.25, -0.2) is 4.39 Å². The number of rotatable bonds is 1. The highest BCUT2D eigenvalue weighted by Gasteiger charge is 2.03. The SMILES string of the molecule is [B]c1ccc(-c2ccc([B])c(F)c2)s1. The van der Waals surface area contributed by atoms with E-state index in [-0.39, 0.29) is 5.46 Å². The maximum Gasteiger partial charge on any atom is 0.128 e. The van der Waals surface area contributed by atoms with Gasteiger partial charge in [0, 0.05) is 4.88 Å². The Morgan fingerprint density at radius 3 is 2.43 bits per heavy atom.